The summed E-state index contributed by atoms with van der Waals surface area (Å²) in [7, 11) is 0. The summed E-state index contributed by atoms with van der Waals surface area (Å²) in [6, 6.07) is 4.61. The van der Waals surface area contributed by atoms with E-state index in [9.17, 15) is 9.18 Å². The Morgan fingerprint density at radius 1 is 1.50 bits per heavy atom. The van der Waals surface area contributed by atoms with Crippen molar-refractivity contribution in [3.05, 3.63) is 35.1 Å². The van der Waals surface area contributed by atoms with Crippen molar-refractivity contribution in [1.29, 1.82) is 0 Å². The molecule has 0 spiro atoms. The molecule has 2 nitrogen and oxygen atoms in total. The second-order valence-electron chi connectivity index (χ2n) is 4.51. The summed E-state index contributed by atoms with van der Waals surface area (Å²) >= 11 is 0. The maximum atomic E-state index is 12.9. The van der Waals surface area contributed by atoms with Gasteiger partial charge < -0.3 is 5.32 Å². The normalized spacial score (nSPS) is 15.9. The number of Topliss-reactive ketones (excluding diaryl/α,β-unsaturated/α-hetero) is 1. The van der Waals surface area contributed by atoms with E-state index in [-0.39, 0.29) is 11.6 Å². The first-order valence-corrected chi connectivity index (χ1v) is 5.62. The Hall–Kier alpha value is -1.22. The minimum Gasteiger partial charge on any atom is -0.316 e. The first kappa shape index (κ1) is 11.3. The third kappa shape index (κ3) is 2.67. The lowest BCUT2D eigenvalue weighted by Gasteiger charge is -2.26. The number of halogens is 1. The van der Waals surface area contributed by atoms with E-state index in [0.29, 0.717) is 18.8 Å². The predicted octanol–water partition coefficient (Wildman–Crippen LogP) is 1.86. The number of carbonyl (C=O) groups excluding carboxylic acids is 1. The van der Waals surface area contributed by atoms with Crippen LogP contribution in [0.1, 0.15) is 17.5 Å². The fourth-order valence-corrected chi connectivity index (χ4v) is 1.96. The van der Waals surface area contributed by atoms with Gasteiger partial charge in [0, 0.05) is 12.8 Å². The third-order valence-electron chi connectivity index (χ3n) is 3.07. The molecular weight excluding hydrogens is 205 g/mol. The number of hydrogen-bond donors (Lipinski definition) is 1. The lowest BCUT2D eigenvalue weighted by molar-refractivity contribution is -0.119. The number of ketones is 1. The zero-order valence-corrected chi connectivity index (χ0v) is 9.42. The number of rotatable bonds is 4. The van der Waals surface area contributed by atoms with Gasteiger partial charge in [0.1, 0.15) is 11.6 Å². The Balaban J connectivity index is 1.94. The van der Waals surface area contributed by atoms with Gasteiger partial charge >= 0.3 is 0 Å². The Kier molecular flexibility index (Phi) is 3.34. The highest BCUT2D eigenvalue weighted by Crippen LogP contribution is 2.15. The summed E-state index contributed by atoms with van der Waals surface area (Å²) < 4.78 is 12.9. The van der Waals surface area contributed by atoms with Crippen molar-refractivity contribution in [2.45, 2.75) is 19.8 Å². The van der Waals surface area contributed by atoms with Crippen molar-refractivity contribution >= 4 is 5.78 Å². The Bertz CT molecular complexity index is 399. The van der Waals surface area contributed by atoms with E-state index < -0.39 is 0 Å². The van der Waals surface area contributed by atoms with Gasteiger partial charge in [0.25, 0.3) is 0 Å². The maximum Gasteiger partial charge on any atom is 0.137 e. The fraction of sp³-hybridized carbons (Fsp3) is 0.462. The second kappa shape index (κ2) is 4.74. The van der Waals surface area contributed by atoms with Gasteiger partial charge in [0.15, 0.2) is 0 Å². The standard InChI is InChI=1S/C13H16FNO/c1-9-4-12(14)3-2-11(9)6-13(16)5-10-7-15-8-10/h2-4,10,15H,5-8H2,1H3. The van der Waals surface area contributed by atoms with E-state index in [0.717, 1.165) is 24.2 Å². The summed E-state index contributed by atoms with van der Waals surface area (Å²) in [5.41, 5.74) is 1.80. The third-order valence-corrected chi connectivity index (χ3v) is 3.07. The predicted molar refractivity (Wildman–Crippen MR) is 60.8 cm³/mol. The monoisotopic (exact) mass is 221 g/mol. The number of aryl methyl sites for hydroxylation is 1. The average molecular weight is 221 g/mol. The Labute approximate surface area is 94.9 Å². The maximum absolute atomic E-state index is 12.9. The van der Waals surface area contributed by atoms with Crippen LogP contribution in [0.25, 0.3) is 0 Å². The van der Waals surface area contributed by atoms with E-state index in [2.05, 4.69) is 5.32 Å². The van der Waals surface area contributed by atoms with Crippen LogP contribution in [0.5, 0.6) is 0 Å². The van der Waals surface area contributed by atoms with Crippen LogP contribution in [0, 0.1) is 18.7 Å². The summed E-state index contributed by atoms with van der Waals surface area (Å²) in [6.45, 7) is 3.75. The SMILES string of the molecule is Cc1cc(F)ccc1CC(=O)CC1CNC1. The van der Waals surface area contributed by atoms with Gasteiger partial charge in [-0.3, -0.25) is 4.79 Å². The molecule has 16 heavy (non-hydrogen) atoms. The molecular formula is C13H16FNO. The lowest BCUT2D eigenvalue weighted by Crippen LogP contribution is -2.43. The molecule has 1 saturated heterocycles. The molecule has 1 aliphatic heterocycles. The molecule has 0 aliphatic carbocycles. The smallest absolute Gasteiger partial charge is 0.137 e. The van der Waals surface area contributed by atoms with E-state index in [1.54, 1.807) is 6.07 Å². The van der Waals surface area contributed by atoms with Crippen LogP contribution in [0.4, 0.5) is 4.39 Å². The van der Waals surface area contributed by atoms with Crippen LogP contribution in [0.3, 0.4) is 0 Å². The first-order valence-electron chi connectivity index (χ1n) is 5.62. The van der Waals surface area contributed by atoms with Crippen LogP contribution in [0.15, 0.2) is 18.2 Å². The molecule has 2 rings (SSSR count). The van der Waals surface area contributed by atoms with E-state index in [1.807, 2.05) is 6.92 Å². The average Bonchev–Trinajstić information content (AvgIpc) is 2.16. The largest absolute Gasteiger partial charge is 0.316 e. The summed E-state index contributed by atoms with van der Waals surface area (Å²) in [6.07, 6.45) is 1.08. The molecule has 3 heteroatoms. The molecule has 0 radical (unpaired) electrons. The molecule has 1 aromatic rings. The number of nitrogens with one attached hydrogen (secondary N) is 1. The zero-order chi connectivity index (χ0) is 11.5. The Morgan fingerprint density at radius 3 is 2.81 bits per heavy atom. The van der Waals surface area contributed by atoms with Crippen molar-refractivity contribution in [2.75, 3.05) is 13.1 Å². The van der Waals surface area contributed by atoms with Gasteiger partial charge in [-0.15, -0.1) is 0 Å². The van der Waals surface area contributed by atoms with Crippen LogP contribution in [-0.2, 0) is 11.2 Å². The number of hydrogen-bond acceptors (Lipinski definition) is 2. The van der Waals surface area contributed by atoms with Gasteiger partial charge in [0.2, 0.25) is 0 Å². The highest BCUT2D eigenvalue weighted by Gasteiger charge is 2.20. The Morgan fingerprint density at radius 2 is 2.25 bits per heavy atom. The fourth-order valence-electron chi connectivity index (χ4n) is 1.96. The molecule has 1 aromatic carbocycles. The van der Waals surface area contributed by atoms with Crippen LogP contribution < -0.4 is 5.32 Å². The molecule has 0 bridgehead atoms. The minimum absolute atomic E-state index is 0.239. The molecule has 0 amide bonds. The molecule has 86 valence electrons. The minimum atomic E-state index is -0.239. The molecule has 0 unspecified atom stereocenters. The zero-order valence-electron chi connectivity index (χ0n) is 9.42. The van der Waals surface area contributed by atoms with Crippen LogP contribution >= 0.6 is 0 Å². The molecule has 0 atom stereocenters. The van der Waals surface area contributed by atoms with Crippen LogP contribution in [0.2, 0.25) is 0 Å². The number of benzene rings is 1. The van der Waals surface area contributed by atoms with Gasteiger partial charge in [-0.25, -0.2) is 4.39 Å². The molecule has 0 aromatic heterocycles. The second-order valence-corrected chi connectivity index (χ2v) is 4.51. The molecule has 1 aliphatic rings. The highest BCUT2D eigenvalue weighted by molar-refractivity contribution is 5.81. The summed E-state index contributed by atoms with van der Waals surface area (Å²) in [4.78, 5) is 11.7. The molecule has 0 saturated carbocycles. The van der Waals surface area contributed by atoms with Gasteiger partial charge in [-0.1, -0.05) is 6.07 Å². The quantitative estimate of drug-likeness (QED) is 0.840. The topological polar surface area (TPSA) is 29.1 Å². The van der Waals surface area contributed by atoms with E-state index in [1.165, 1.54) is 12.1 Å². The van der Waals surface area contributed by atoms with Gasteiger partial charge in [0.05, 0.1) is 0 Å². The lowest BCUT2D eigenvalue weighted by atomic mass is 9.93. The summed E-state index contributed by atoms with van der Waals surface area (Å²) in [5, 5.41) is 3.15. The molecule has 1 fully saturated rings. The van der Waals surface area contributed by atoms with Crippen molar-refractivity contribution < 1.29 is 9.18 Å². The van der Waals surface area contributed by atoms with Crippen molar-refractivity contribution in [3.8, 4) is 0 Å². The summed E-state index contributed by atoms with van der Waals surface area (Å²) in [5.74, 6) is 0.520. The van der Waals surface area contributed by atoms with Gasteiger partial charge in [-0.05, 0) is 49.2 Å². The van der Waals surface area contributed by atoms with Crippen molar-refractivity contribution in [2.24, 2.45) is 5.92 Å². The highest BCUT2D eigenvalue weighted by atomic mass is 19.1. The molecule has 1 N–H and O–H groups in total. The van der Waals surface area contributed by atoms with E-state index >= 15 is 0 Å². The van der Waals surface area contributed by atoms with Crippen molar-refractivity contribution in [3.63, 3.8) is 0 Å². The molecule has 1 heterocycles. The first-order chi connectivity index (χ1) is 7.65. The van der Waals surface area contributed by atoms with E-state index in [4.69, 9.17) is 0 Å². The van der Waals surface area contributed by atoms with Crippen molar-refractivity contribution in [1.82, 2.24) is 5.32 Å². The van der Waals surface area contributed by atoms with Crippen LogP contribution in [-0.4, -0.2) is 18.9 Å². The van der Waals surface area contributed by atoms with Gasteiger partial charge in [-0.2, -0.15) is 0 Å². The number of carbonyl (C=O) groups is 1.